The van der Waals surface area contributed by atoms with E-state index in [4.69, 9.17) is 0 Å². The van der Waals surface area contributed by atoms with Crippen molar-refractivity contribution in [3.63, 3.8) is 0 Å². The van der Waals surface area contributed by atoms with Gasteiger partial charge in [0.25, 0.3) is 5.91 Å². The van der Waals surface area contributed by atoms with Crippen LogP contribution in [0.5, 0.6) is 0 Å². The molecule has 1 amide bonds. The number of aromatic nitrogens is 1. The molecule has 1 heterocycles. The molecular formula is C17H21N3O. The van der Waals surface area contributed by atoms with Crippen LogP contribution in [0.15, 0.2) is 48.7 Å². The zero-order valence-corrected chi connectivity index (χ0v) is 12.5. The first-order valence-electron chi connectivity index (χ1n) is 7.24. The van der Waals surface area contributed by atoms with Crippen LogP contribution in [0.4, 0.5) is 11.4 Å². The van der Waals surface area contributed by atoms with E-state index in [-0.39, 0.29) is 5.91 Å². The second kappa shape index (κ2) is 7.43. The Kier molecular flexibility index (Phi) is 5.32. The van der Waals surface area contributed by atoms with Gasteiger partial charge in [0, 0.05) is 19.3 Å². The molecule has 0 radical (unpaired) electrons. The summed E-state index contributed by atoms with van der Waals surface area (Å²) in [7, 11) is 1.82. The average molecular weight is 283 g/mol. The third-order valence-corrected chi connectivity index (χ3v) is 3.24. The summed E-state index contributed by atoms with van der Waals surface area (Å²) in [5.74, 6) is -0.0327. The molecule has 0 fully saturated rings. The van der Waals surface area contributed by atoms with Crippen LogP contribution in [0.1, 0.15) is 30.3 Å². The fourth-order valence-corrected chi connectivity index (χ4v) is 1.97. The lowest BCUT2D eigenvalue weighted by molar-refractivity contribution is 0.0787. The number of amides is 1. The lowest BCUT2D eigenvalue weighted by Crippen LogP contribution is -2.28. The van der Waals surface area contributed by atoms with Crippen molar-refractivity contribution in [1.82, 2.24) is 9.88 Å². The number of hydrogen-bond donors (Lipinski definition) is 1. The minimum Gasteiger partial charge on any atom is -0.354 e. The number of pyridine rings is 1. The summed E-state index contributed by atoms with van der Waals surface area (Å²) in [6, 6.07) is 13.5. The lowest BCUT2D eigenvalue weighted by Gasteiger charge is -2.16. The number of rotatable bonds is 6. The van der Waals surface area contributed by atoms with Crippen molar-refractivity contribution in [2.24, 2.45) is 0 Å². The smallest absolute Gasteiger partial charge is 0.272 e. The molecule has 2 rings (SSSR count). The lowest BCUT2D eigenvalue weighted by atomic mass is 10.2. The molecule has 21 heavy (non-hydrogen) atoms. The van der Waals surface area contributed by atoms with E-state index in [9.17, 15) is 4.79 Å². The van der Waals surface area contributed by atoms with E-state index in [0.717, 1.165) is 30.8 Å². The molecule has 0 atom stereocenters. The molecule has 0 bridgehead atoms. The van der Waals surface area contributed by atoms with E-state index in [2.05, 4.69) is 17.2 Å². The molecule has 4 nitrogen and oxygen atoms in total. The number of anilines is 2. The highest BCUT2D eigenvalue weighted by atomic mass is 16.2. The average Bonchev–Trinajstić information content (AvgIpc) is 2.53. The molecule has 0 aliphatic rings. The van der Waals surface area contributed by atoms with Crippen molar-refractivity contribution in [3.8, 4) is 0 Å². The van der Waals surface area contributed by atoms with Crippen LogP contribution >= 0.6 is 0 Å². The Morgan fingerprint density at radius 3 is 2.52 bits per heavy atom. The Morgan fingerprint density at radius 1 is 1.14 bits per heavy atom. The van der Waals surface area contributed by atoms with E-state index in [1.165, 1.54) is 0 Å². The third-order valence-electron chi connectivity index (χ3n) is 3.24. The van der Waals surface area contributed by atoms with Crippen molar-refractivity contribution in [2.75, 3.05) is 18.9 Å². The molecule has 1 aromatic carbocycles. The molecule has 0 aliphatic carbocycles. The molecule has 0 aliphatic heterocycles. The molecule has 2 aromatic rings. The maximum Gasteiger partial charge on any atom is 0.272 e. The summed E-state index contributed by atoms with van der Waals surface area (Å²) in [5.41, 5.74) is 2.35. The number of nitrogens with one attached hydrogen (secondary N) is 1. The van der Waals surface area contributed by atoms with E-state index in [1.807, 2.05) is 43.4 Å². The minimum absolute atomic E-state index is 0.0327. The molecule has 4 heteroatoms. The fourth-order valence-electron chi connectivity index (χ4n) is 1.97. The summed E-state index contributed by atoms with van der Waals surface area (Å²) >= 11 is 0. The Labute approximate surface area is 125 Å². The number of hydrogen-bond acceptors (Lipinski definition) is 3. The fraction of sp³-hybridized carbons (Fsp3) is 0.294. The molecule has 0 saturated heterocycles. The quantitative estimate of drug-likeness (QED) is 0.879. The van der Waals surface area contributed by atoms with Crippen molar-refractivity contribution < 1.29 is 4.79 Å². The number of benzene rings is 1. The van der Waals surface area contributed by atoms with Gasteiger partial charge in [-0.05, 0) is 30.7 Å². The normalized spacial score (nSPS) is 10.2. The first kappa shape index (κ1) is 15.0. The Balaban J connectivity index is 2.00. The molecule has 110 valence electrons. The largest absolute Gasteiger partial charge is 0.354 e. The van der Waals surface area contributed by atoms with Crippen molar-refractivity contribution in [2.45, 2.75) is 19.8 Å². The predicted octanol–water partition coefficient (Wildman–Crippen LogP) is 3.70. The molecule has 1 N–H and O–H groups in total. The van der Waals surface area contributed by atoms with Gasteiger partial charge in [-0.15, -0.1) is 0 Å². The SMILES string of the molecule is CCCCN(C)C(=O)c1ccc(Nc2ccccc2)cn1. The number of carbonyl (C=O) groups excluding carboxylic acids is 1. The number of para-hydroxylation sites is 1. The Bertz CT molecular complexity index is 566. The second-order valence-corrected chi connectivity index (χ2v) is 5.00. The second-order valence-electron chi connectivity index (χ2n) is 5.00. The number of unbranched alkanes of at least 4 members (excludes halogenated alkanes) is 1. The van der Waals surface area contributed by atoms with Gasteiger partial charge in [0.05, 0.1) is 11.9 Å². The van der Waals surface area contributed by atoms with Gasteiger partial charge in [0.2, 0.25) is 0 Å². The van der Waals surface area contributed by atoms with Gasteiger partial charge in [-0.2, -0.15) is 0 Å². The molecule has 0 spiro atoms. The highest BCUT2D eigenvalue weighted by Crippen LogP contribution is 2.15. The van der Waals surface area contributed by atoms with Gasteiger partial charge in [-0.3, -0.25) is 4.79 Å². The molecular weight excluding hydrogens is 262 g/mol. The summed E-state index contributed by atoms with van der Waals surface area (Å²) in [5, 5.41) is 3.25. The van der Waals surface area contributed by atoms with Crippen LogP contribution in [0.25, 0.3) is 0 Å². The summed E-state index contributed by atoms with van der Waals surface area (Å²) in [4.78, 5) is 18.1. The van der Waals surface area contributed by atoms with E-state index < -0.39 is 0 Å². The zero-order chi connectivity index (χ0) is 15.1. The van der Waals surface area contributed by atoms with Crippen molar-refractivity contribution in [1.29, 1.82) is 0 Å². The van der Waals surface area contributed by atoms with Crippen LogP contribution in [0, 0.1) is 0 Å². The highest BCUT2D eigenvalue weighted by Gasteiger charge is 2.12. The van der Waals surface area contributed by atoms with Crippen LogP contribution in [-0.2, 0) is 0 Å². The predicted molar refractivity (Wildman–Crippen MR) is 85.8 cm³/mol. The summed E-state index contributed by atoms with van der Waals surface area (Å²) in [6.07, 6.45) is 3.77. The monoisotopic (exact) mass is 283 g/mol. The van der Waals surface area contributed by atoms with Crippen LogP contribution in [0.2, 0.25) is 0 Å². The van der Waals surface area contributed by atoms with Gasteiger partial charge < -0.3 is 10.2 Å². The maximum atomic E-state index is 12.2. The Hall–Kier alpha value is -2.36. The summed E-state index contributed by atoms with van der Waals surface area (Å²) in [6.45, 7) is 2.88. The van der Waals surface area contributed by atoms with Gasteiger partial charge in [-0.1, -0.05) is 31.5 Å². The zero-order valence-electron chi connectivity index (χ0n) is 12.5. The van der Waals surface area contributed by atoms with Gasteiger partial charge in [-0.25, -0.2) is 4.98 Å². The van der Waals surface area contributed by atoms with Crippen LogP contribution in [-0.4, -0.2) is 29.4 Å². The molecule has 0 saturated carbocycles. The van der Waals surface area contributed by atoms with Crippen LogP contribution < -0.4 is 5.32 Å². The topological polar surface area (TPSA) is 45.2 Å². The van der Waals surface area contributed by atoms with E-state index in [0.29, 0.717) is 5.69 Å². The Morgan fingerprint density at radius 2 is 1.90 bits per heavy atom. The summed E-state index contributed by atoms with van der Waals surface area (Å²) < 4.78 is 0. The molecule has 0 unspecified atom stereocenters. The first-order chi connectivity index (χ1) is 10.2. The van der Waals surface area contributed by atoms with Crippen molar-refractivity contribution >= 4 is 17.3 Å². The standard InChI is InChI=1S/C17H21N3O/c1-3-4-12-20(2)17(21)16-11-10-15(13-18-16)19-14-8-6-5-7-9-14/h5-11,13,19H,3-4,12H2,1-2H3. The first-order valence-corrected chi connectivity index (χ1v) is 7.24. The molecule has 1 aromatic heterocycles. The van der Waals surface area contributed by atoms with Crippen molar-refractivity contribution in [3.05, 3.63) is 54.4 Å². The van der Waals surface area contributed by atoms with Gasteiger partial charge >= 0.3 is 0 Å². The van der Waals surface area contributed by atoms with Crippen LogP contribution in [0.3, 0.4) is 0 Å². The third kappa shape index (κ3) is 4.31. The van der Waals surface area contributed by atoms with E-state index in [1.54, 1.807) is 17.2 Å². The van der Waals surface area contributed by atoms with Gasteiger partial charge in [0.1, 0.15) is 5.69 Å². The van der Waals surface area contributed by atoms with Gasteiger partial charge in [0.15, 0.2) is 0 Å². The number of nitrogens with zero attached hydrogens (tertiary/aromatic N) is 2. The maximum absolute atomic E-state index is 12.2. The number of carbonyl (C=O) groups is 1. The minimum atomic E-state index is -0.0327. The van der Waals surface area contributed by atoms with E-state index >= 15 is 0 Å². The highest BCUT2D eigenvalue weighted by molar-refractivity contribution is 5.92.